The van der Waals surface area contributed by atoms with Gasteiger partial charge in [0, 0.05) is 31.4 Å². The number of piperidine rings is 1. The molecule has 2 aromatic heterocycles. The van der Waals surface area contributed by atoms with E-state index in [1.807, 2.05) is 12.1 Å². The Hall–Kier alpha value is -2.77. The third-order valence-corrected chi connectivity index (χ3v) is 7.25. The lowest BCUT2D eigenvalue weighted by Gasteiger charge is -2.31. The molecule has 2 fully saturated rings. The van der Waals surface area contributed by atoms with Crippen molar-refractivity contribution in [1.82, 2.24) is 20.0 Å². The highest BCUT2D eigenvalue weighted by molar-refractivity contribution is 5.90. The van der Waals surface area contributed by atoms with Crippen LogP contribution in [0, 0.1) is 5.92 Å². The van der Waals surface area contributed by atoms with Gasteiger partial charge in [0.15, 0.2) is 0 Å². The van der Waals surface area contributed by atoms with Gasteiger partial charge in [-0.3, -0.25) is 14.6 Å². The molecule has 0 unspecified atom stereocenters. The third-order valence-electron chi connectivity index (χ3n) is 7.25. The summed E-state index contributed by atoms with van der Waals surface area (Å²) in [4.78, 5) is 34.5. The number of nitrogens with zero attached hydrogens (tertiary/aromatic N) is 4. The van der Waals surface area contributed by atoms with Crippen molar-refractivity contribution in [1.29, 1.82) is 0 Å². The SMILES string of the molecule is O=C(O)C[C@@H](CCCC1CCCCC1)c1nc(C(=O)N2CCC(c3ccncc3)CC2)no1. The molecule has 8 nitrogen and oxygen atoms in total. The van der Waals surface area contributed by atoms with Gasteiger partial charge in [-0.1, -0.05) is 50.1 Å². The predicted molar refractivity (Wildman–Crippen MR) is 122 cm³/mol. The predicted octanol–water partition coefficient (Wildman–Crippen LogP) is 4.79. The van der Waals surface area contributed by atoms with Gasteiger partial charge in [-0.15, -0.1) is 0 Å². The fourth-order valence-corrected chi connectivity index (χ4v) is 5.33. The number of hydrogen-bond acceptors (Lipinski definition) is 6. The van der Waals surface area contributed by atoms with Gasteiger partial charge in [0.2, 0.25) is 5.89 Å². The molecule has 0 radical (unpaired) electrons. The molecule has 1 N–H and O–H groups in total. The topological polar surface area (TPSA) is 109 Å². The Bertz CT molecular complexity index is 902. The van der Waals surface area contributed by atoms with Gasteiger partial charge in [-0.25, -0.2) is 0 Å². The van der Waals surface area contributed by atoms with Crippen LogP contribution in [0.3, 0.4) is 0 Å². The molecular weight excluding hydrogens is 420 g/mol. The molecule has 2 aliphatic rings. The van der Waals surface area contributed by atoms with Crippen LogP contribution in [0.25, 0.3) is 0 Å². The normalized spacial score (nSPS) is 18.8. The number of aromatic nitrogens is 3. The second kappa shape index (κ2) is 11.4. The molecular formula is C25H34N4O4. The second-order valence-electron chi connectivity index (χ2n) is 9.53. The molecule has 33 heavy (non-hydrogen) atoms. The molecule has 3 heterocycles. The number of hydrogen-bond donors (Lipinski definition) is 1. The first-order valence-corrected chi connectivity index (χ1v) is 12.3. The smallest absolute Gasteiger partial charge is 0.304 e. The van der Waals surface area contributed by atoms with Crippen LogP contribution in [0.15, 0.2) is 29.0 Å². The molecule has 1 saturated carbocycles. The Morgan fingerprint density at radius 2 is 1.82 bits per heavy atom. The number of carboxylic acid groups (broad SMARTS) is 1. The fourth-order valence-electron chi connectivity index (χ4n) is 5.33. The van der Waals surface area contributed by atoms with E-state index < -0.39 is 5.97 Å². The van der Waals surface area contributed by atoms with E-state index in [9.17, 15) is 14.7 Å². The maximum absolute atomic E-state index is 12.9. The van der Waals surface area contributed by atoms with Gasteiger partial charge in [-0.05, 0) is 48.8 Å². The van der Waals surface area contributed by atoms with Crippen LogP contribution in [-0.2, 0) is 4.79 Å². The number of carbonyl (C=O) groups excluding carboxylic acids is 1. The van der Waals surface area contributed by atoms with E-state index in [4.69, 9.17) is 4.52 Å². The molecule has 1 amide bonds. The summed E-state index contributed by atoms with van der Waals surface area (Å²) in [7, 11) is 0. The molecule has 8 heteroatoms. The van der Waals surface area contributed by atoms with Crippen molar-refractivity contribution in [2.75, 3.05) is 13.1 Å². The lowest BCUT2D eigenvalue weighted by atomic mass is 9.84. The first kappa shape index (κ1) is 23.4. The van der Waals surface area contributed by atoms with Gasteiger partial charge in [0.25, 0.3) is 11.7 Å². The molecule has 0 aromatic carbocycles. The monoisotopic (exact) mass is 454 g/mol. The minimum absolute atomic E-state index is 0.0371. The van der Waals surface area contributed by atoms with Gasteiger partial charge in [0.1, 0.15) is 0 Å². The summed E-state index contributed by atoms with van der Waals surface area (Å²) in [6.07, 6.45) is 14.5. The minimum Gasteiger partial charge on any atom is -0.481 e. The first-order valence-electron chi connectivity index (χ1n) is 12.3. The molecule has 2 aromatic rings. The zero-order valence-electron chi connectivity index (χ0n) is 19.2. The van der Waals surface area contributed by atoms with E-state index in [0.717, 1.165) is 31.6 Å². The average Bonchev–Trinajstić information content (AvgIpc) is 3.34. The number of rotatable bonds is 9. The standard InChI is InChI=1S/C25H34N4O4/c30-22(31)17-21(8-4-7-18-5-2-1-3-6-18)24-27-23(28-33-24)25(32)29-15-11-20(12-16-29)19-9-13-26-14-10-19/h9-10,13-14,18,20-21H,1-8,11-12,15-17H2,(H,30,31)/t21-/m1/s1. The zero-order chi connectivity index (χ0) is 23.0. The average molecular weight is 455 g/mol. The molecule has 1 aliphatic carbocycles. The Balaban J connectivity index is 1.32. The van der Waals surface area contributed by atoms with Crippen LogP contribution in [-0.4, -0.2) is 50.1 Å². The highest BCUT2D eigenvalue weighted by Gasteiger charge is 2.29. The van der Waals surface area contributed by atoms with E-state index >= 15 is 0 Å². The van der Waals surface area contributed by atoms with Crippen molar-refractivity contribution >= 4 is 11.9 Å². The summed E-state index contributed by atoms with van der Waals surface area (Å²) >= 11 is 0. The molecule has 0 spiro atoms. The fraction of sp³-hybridized carbons (Fsp3) is 0.640. The molecule has 1 saturated heterocycles. The summed E-state index contributed by atoms with van der Waals surface area (Å²) in [6.45, 7) is 1.27. The lowest BCUT2D eigenvalue weighted by molar-refractivity contribution is -0.137. The second-order valence-corrected chi connectivity index (χ2v) is 9.53. The summed E-state index contributed by atoms with van der Waals surface area (Å²) in [6, 6.07) is 4.06. The summed E-state index contributed by atoms with van der Waals surface area (Å²) in [5.74, 6) is 0.00108. The molecule has 1 aliphatic heterocycles. The van der Waals surface area contributed by atoms with Crippen LogP contribution in [0.4, 0.5) is 0 Å². The highest BCUT2D eigenvalue weighted by Crippen LogP contribution is 2.32. The lowest BCUT2D eigenvalue weighted by Crippen LogP contribution is -2.38. The van der Waals surface area contributed by atoms with Gasteiger partial charge >= 0.3 is 5.97 Å². The number of carboxylic acids is 1. The van der Waals surface area contributed by atoms with Gasteiger partial charge < -0.3 is 14.5 Å². The third kappa shape index (κ3) is 6.39. The van der Waals surface area contributed by atoms with Crippen LogP contribution in [0.1, 0.15) is 105 Å². The van der Waals surface area contributed by atoms with E-state index in [1.54, 1.807) is 17.3 Å². The molecule has 4 rings (SSSR count). The minimum atomic E-state index is -0.887. The first-order chi connectivity index (χ1) is 16.1. The number of carbonyl (C=O) groups is 2. The van der Waals surface area contributed by atoms with Crippen LogP contribution in [0.2, 0.25) is 0 Å². The number of amides is 1. The Morgan fingerprint density at radius 3 is 2.52 bits per heavy atom. The maximum Gasteiger partial charge on any atom is 0.304 e. The van der Waals surface area contributed by atoms with Crippen molar-refractivity contribution < 1.29 is 19.2 Å². The van der Waals surface area contributed by atoms with E-state index in [1.165, 1.54) is 37.7 Å². The summed E-state index contributed by atoms with van der Waals surface area (Å²) in [5, 5.41) is 13.3. The van der Waals surface area contributed by atoms with Crippen LogP contribution in [0.5, 0.6) is 0 Å². The molecule has 1 atom stereocenters. The molecule has 178 valence electrons. The van der Waals surface area contributed by atoms with Crippen molar-refractivity contribution in [3.05, 3.63) is 41.8 Å². The number of pyridine rings is 1. The molecule has 0 bridgehead atoms. The summed E-state index contributed by atoms with van der Waals surface area (Å²) in [5.41, 5.74) is 1.25. The van der Waals surface area contributed by atoms with Crippen molar-refractivity contribution in [2.45, 2.75) is 82.5 Å². The van der Waals surface area contributed by atoms with Gasteiger partial charge in [-0.2, -0.15) is 4.98 Å². The Kier molecular flexibility index (Phi) is 8.07. The largest absolute Gasteiger partial charge is 0.481 e. The maximum atomic E-state index is 12.9. The Morgan fingerprint density at radius 1 is 1.09 bits per heavy atom. The van der Waals surface area contributed by atoms with Crippen molar-refractivity contribution in [3.8, 4) is 0 Å². The Labute approximate surface area is 194 Å². The van der Waals surface area contributed by atoms with Crippen molar-refractivity contribution in [2.24, 2.45) is 5.92 Å². The van der Waals surface area contributed by atoms with E-state index in [-0.39, 0.29) is 30.0 Å². The van der Waals surface area contributed by atoms with E-state index in [2.05, 4.69) is 15.1 Å². The summed E-state index contributed by atoms with van der Waals surface area (Å²) < 4.78 is 5.39. The van der Waals surface area contributed by atoms with Crippen LogP contribution < -0.4 is 0 Å². The number of aliphatic carboxylic acids is 1. The van der Waals surface area contributed by atoms with Crippen LogP contribution >= 0.6 is 0 Å². The number of likely N-dealkylation sites (tertiary alicyclic amines) is 1. The van der Waals surface area contributed by atoms with Gasteiger partial charge in [0.05, 0.1) is 6.42 Å². The van der Waals surface area contributed by atoms with E-state index in [0.29, 0.717) is 25.4 Å². The van der Waals surface area contributed by atoms with Crippen molar-refractivity contribution in [3.63, 3.8) is 0 Å². The quantitative estimate of drug-likeness (QED) is 0.580. The highest BCUT2D eigenvalue weighted by atomic mass is 16.5. The zero-order valence-corrected chi connectivity index (χ0v) is 19.2.